The molecule has 50 heavy (non-hydrogen) atoms. The third kappa shape index (κ3) is 6.64. The molecule has 252 valence electrons. The second-order valence-corrected chi connectivity index (χ2v) is 21.6. The van der Waals surface area contributed by atoms with E-state index in [9.17, 15) is 13.2 Å². The van der Waals surface area contributed by atoms with Crippen molar-refractivity contribution in [3.05, 3.63) is 164 Å². The van der Waals surface area contributed by atoms with Crippen LogP contribution in [0.4, 0.5) is 13.2 Å². The molecular weight excluding hydrogens is 701 g/mol. The van der Waals surface area contributed by atoms with Gasteiger partial charge in [0.2, 0.25) is 0 Å². The van der Waals surface area contributed by atoms with Crippen molar-refractivity contribution in [3.63, 3.8) is 0 Å². The first kappa shape index (κ1) is 34.6. The van der Waals surface area contributed by atoms with E-state index in [-0.39, 0.29) is 14.5 Å². The summed E-state index contributed by atoms with van der Waals surface area (Å²) in [5.41, 5.74) is 12.4. The fourth-order valence-corrected chi connectivity index (χ4v) is 15.1. The molecule has 2 aliphatic rings. The minimum absolute atomic E-state index is 0.0936. The molecule has 0 atom stereocenters. The first-order chi connectivity index (χ1) is 23.7. The Hall–Kier alpha value is -3.88. The van der Waals surface area contributed by atoms with Gasteiger partial charge in [0.1, 0.15) is 0 Å². The van der Waals surface area contributed by atoms with Crippen molar-refractivity contribution in [3.8, 4) is 33.4 Å². The molecule has 7 rings (SSSR count). The molecule has 0 nitrogen and oxygen atoms in total. The predicted octanol–water partition coefficient (Wildman–Crippen LogP) is 13.0. The maximum atomic E-state index is 14.0. The summed E-state index contributed by atoms with van der Waals surface area (Å²) < 4.78 is 45.7. The van der Waals surface area contributed by atoms with Crippen molar-refractivity contribution in [2.75, 3.05) is 0 Å². The van der Waals surface area contributed by atoms with Crippen LogP contribution in [0.2, 0.25) is 0 Å². The Labute approximate surface area is 302 Å². The molecule has 0 fully saturated rings. The summed E-state index contributed by atoms with van der Waals surface area (Å²) in [7, 11) is 0. The van der Waals surface area contributed by atoms with E-state index in [0.717, 1.165) is 6.42 Å². The van der Waals surface area contributed by atoms with Crippen molar-refractivity contribution >= 4 is 3.71 Å². The summed E-state index contributed by atoms with van der Waals surface area (Å²) >= 11 is -2.98. The topological polar surface area (TPSA) is 0 Å². The van der Waals surface area contributed by atoms with Crippen molar-refractivity contribution in [2.24, 2.45) is 0 Å². The molecule has 0 amide bonds. The van der Waals surface area contributed by atoms with E-state index in [2.05, 4.69) is 148 Å². The average Bonchev–Trinajstić information content (AvgIpc) is 3.72. The summed E-state index contributed by atoms with van der Waals surface area (Å²) in [6.45, 7) is 13.7. The van der Waals surface area contributed by atoms with Crippen LogP contribution in [0.3, 0.4) is 0 Å². The summed E-state index contributed by atoms with van der Waals surface area (Å²) in [6.07, 6.45) is 3.03. The Morgan fingerprint density at radius 1 is 0.600 bits per heavy atom. The van der Waals surface area contributed by atoms with Gasteiger partial charge in [-0.2, -0.15) is 0 Å². The van der Waals surface area contributed by atoms with Gasteiger partial charge in [-0.15, -0.1) is 0 Å². The van der Waals surface area contributed by atoms with Crippen molar-refractivity contribution in [1.29, 1.82) is 0 Å². The summed E-state index contributed by atoms with van der Waals surface area (Å²) in [5, 5.41) is 0. The van der Waals surface area contributed by atoms with E-state index in [4.69, 9.17) is 0 Å². The molecule has 0 unspecified atom stereocenters. The zero-order valence-electron chi connectivity index (χ0n) is 29.6. The molecule has 0 aromatic heterocycles. The third-order valence-corrected chi connectivity index (χ3v) is 17.4. The number of fused-ring (bicyclic) bond motifs is 3. The van der Waals surface area contributed by atoms with Gasteiger partial charge < -0.3 is 0 Å². The van der Waals surface area contributed by atoms with E-state index in [0.29, 0.717) is 5.56 Å². The molecule has 0 saturated carbocycles. The molecule has 0 spiro atoms. The Morgan fingerprint density at radius 2 is 1.12 bits per heavy atom. The van der Waals surface area contributed by atoms with Crippen molar-refractivity contribution in [2.45, 2.75) is 68.6 Å². The van der Waals surface area contributed by atoms with E-state index < -0.39 is 33.0 Å². The monoisotopic (exact) mass is 742 g/mol. The Balaban J connectivity index is 1.58. The first-order valence-corrected chi connectivity index (χ1v) is 21.5. The van der Waals surface area contributed by atoms with E-state index in [1.807, 2.05) is 6.07 Å². The van der Waals surface area contributed by atoms with Crippen LogP contribution in [0, 0.1) is 0 Å². The minimum atomic E-state index is -4.39. The van der Waals surface area contributed by atoms with Crippen LogP contribution in [0.1, 0.15) is 85.0 Å². The van der Waals surface area contributed by atoms with Gasteiger partial charge in [-0.3, -0.25) is 0 Å². The van der Waals surface area contributed by atoms with Crippen LogP contribution in [-0.4, -0.2) is 3.71 Å². The van der Waals surface area contributed by atoms with E-state index in [1.54, 1.807) is 6.07 Å². The van der Waals surface area contributed by atoms with Crippen LogP contribution in [0.5, 0.6) is 0 Å². The van der Waals surface area contributed by atoms with Gasteiger partial charge in [-0.05, 0) is 0 Å². The van der Waals surface area contributed by atoms with Crippen LogP contribution in [-0.2, 0) is 38.3 Å². The SMILES string of the molecule is CC(C)(C)c1cc2c(cc1-c1ccccc1)[CH]([Zr](=[CH]c1cccc(C(F)(F)F)c1)[C]1=CC=CC1)c1cc(-c3ccccc3)c(C(C)(C)C)cc1-2. The molecule has 2 aliphatic carbocycles. The normalized spacial score (nSPS) is 14.9. The van der Waals surface area contributed by atoms with E-state index in [1.165, 1.54) is 71.0 Å². The second-order valence-electron chi connectivity index (χ2n) is 15.7. The number of alkyl halides is 3. The summed E-state index contributed by atoms with van der Waals surface area (Å²) in [6, 6.07) is 37.0. The number of hydrogen-bond acceptors (Lipinski definition) is 0. The third-order valence-electron chi connectivity index (χ3n) is 10.1. The van der Waals surface area contributed by atoms with Crippen LogP contribution in [0.25, 0.3) is 33.4 Å². The van der Waals surface area contributed by atoms with Gasteiger partial charge in [0.25, 0.3) is 0 Å². The summed E-state index contributed by atoms with van der Waals surface area (Å²) in [4.78, 5) is 0. The fraction of sp³-hybridized carbons (Fsp3) is 0.239. The molecule has 0 aliphatic heterocycles. The Morgan fingerprint density at radius 3 is 1.56 bits per heavy atom. The number of hydrogen-bond donors (Lipinski definition) is 0. The summed E-state index contributed by atoms with van der Waals surface area (Å²) in [5.74, 6) is 0. The van der Waals surface area contributed by atoms with Gasteiger partial charge in [0.15, 0.2) is 0 Å². The Bertz CT molecular complexity index is 2060. The first-order valence-electron chi connectivity index (χ1n) is 17.4. The van der Waals surface area contributed by atoms with Crippen LogP contribution >= 0.6 is 0 Å². The second kappa shape index (κ2) is 13.0. The zero-order chi connectivity index (χ0) is 35.4. The molecule has 0 N–H and O–H groups in total. The quantitative estimate of drug-likeness (QED) is 0.168. The Kier molecular flexibility index (Phi) is 9.01. The number of rotatable bonds is 5. The molecule has 0 saturated heterocycles. The van der Waals surface area contributed by atoms with Gasteiger partial charge in [-0.25, -0.2) is 0 Å². The molecule has 0 bridgehead atoms. The molecule has 5 aromatic rings. The molecule has 4 heteroatoms. The van der Waals surface area contributed by atoms with Gasteiger partial charge in [-0.1, -0.05) is 0 Å². The fourth-order valence-electron chi connectivity index (χ4n) is 7.64. The zero-order valence-corrected chi connectivity index (χ0v) is 32.1. The van der Waals surface area contributed by atoms with Crippen molar-refractivity contribution in [1.82, 2.24) is 0 Å². The predicted molar refractivity (Wildman–Crippen MR) is 200 cm³/mol. The average molecular weight is 744 g/mol. The molecule has 0 heterocycles. The number of halogens is 3. The molecule has 5 aromatic carbocycles. The standard InChI is InChI=1S/C33H33.C8H5F3.C5H5.Zr/c1-32(2,3)30-20-26-24(18-28(30)22-13-9-7-10-14-22)17-25-19-29(23-15-11-8-12-16-23)31(21-27(25)26)33(4,5)6;1-6-3-2-4-7(5-6)8(9,10)11;1-2-4-5-3-1;/h7-21H,1-6H3;1-5H;1-3H,4H2;. The van der Waals surface area contributed by atoms with Crippen LogP contribution in [0.15, 0.2) is 131 Å². The number of allylic oxidation sites excluding steroid dienone is 4. The van der Waals surface area contributed by atoms with Gasteiger partial charge in [0, 0.05) is 0 Å². The van der Waals surface area contributed by atoms with Crippen molar-refractivity contribution < 1.29 is 34.4 Å². The van der Waals surface area contributed by atoms with Gasteiger partial charge in [0.05, 0.1) is 0 Å². The molecular formula is C46H43F3Zr. The maximum absolute atomic E-state index is 14.0. The van der Waals surface area contributed by atoms with Crippen LogP contribution < -0.4 is 0 Å². The molecule has 0 radical (unpaired) electrons. The van der Waals surface area contributed by atoms with Gasteiger partial charge >= 0.3 is 304 Å². The number of benzene rings is 5. The van der Waals surface area contributed by atoms with E-state index >= 15 is 0 Å².